The number of ketones is 1. The van der Waals surface area contributed by atoms with Gasteiger partial charge in [0.25, 0.3) is 11.7 Å². The van der Waals surface area contributed by atoms with Gasteiger partial charge in [0.2, 0.25) is 0 Å². The molecule has 170 valence electrons. The number of fused-ring (bicyclic) bond motifs is 2. The fourth-order valence-corrected chi connectivity index (χ4v) is 5.05. The van der Waals surface area contributed by atoms with Gasteiger partial charge in [-0.1, -0.05) is 18.2 Å². The molecule has 4 aromatic rings. The summed E-state index contributed by atoms with van der Waals surface area (Å²) in [6.07, 6.45) is 2.26. The molecule has 1 amide bonds. The highest BCUT2D eigenvalue weighted by Gasteiger charge is 2.47. The van der Waals surface area contributed by atoms with E-state index in [4.69, 9.17) is 9.15 Å². The van der Waals surface area contributed by atoms with Crippen LogP contribution in [-0.4, -0.2) is 33.3 Å². The van der Waals surface area contributed by atoms with Crippen LogP contribution in [0.2, 0.25) is 0 Å². The molecule has 2 N–H and O–H groups in total. The van der Waals surface area contributed by atoms with Crippen molar-refractivity contribution in [3.8, 4) is 5.75 Å². The van der Waals surface area contributed by atoms with Gasteiger partial charge in [-0.15, -0.1) is 0 Å². The summed E-state index contributed by atoms with van der Waals surface area (Å²) < 4.78 is 11.1. The number of hydrogen-bond acceptors (Lipinski definition) is 5. The van der Waals surface area contributed by atoms with E-state index >= 15 is 0 Å². The Morgan fingerprint density at radius 3 is 2.82 bits per heavy atom. The normalized spacial score (nSPS) is 19.1. The smallest absolute Gasteiger partial charge is 0.296 e. The van der Waals surface area contributed by atoms with Crippen molar-refractivity contribution in [1.29, 1.82) is 0 Å². The monoisotopic (exact) mass is 454 g/mol. The maximum Gasteiger partial charge on any atom is 0.296 e. The van der Waals surface area contributed by atoms with E-state index in [2.05, 4.69) is 4.98 Å². The van der Waals surface area contributed by atoms with E-state index in [9.17, 15) is 14.7 Å². The van der Waals surface area contributed by atoms with Gasteiger partial charge in [-0.05, 0) is 48.9 Å². The number of carbonyl (C=O) groups excluding carboxylic acids is 2. The highest BCUT2D eigenvalue weighted by molar-refractivity contribution is 6.46. The Hall–Kier alpha value is -4.26. The molecule has 1 saturated heterocycles. The van der Waals surface area contributed by atoms with Crippen LogP contribution < -0.4 is 4.74 Å². The lowest BCUT2D eigenvalue weighted by molar-refractivity contribution is -0.140. The molecule has 1 unspecified atom stereocenters. The summed E-state index contributed by atoms with van der Waals surface area (Å²) in [4.78, 5) is 31.5. The van der Waals surface area contributed by atoms with E-state index < -0.39 is 17.7 Å². The van der Waals surface area contributed by atoms with Crippen molar-refractivity contribution in [2.45, 2.75) is 25.9 Å². The molecule has 1 atom stereocenters. The molecule has 2 aromatic heterocycles. The number of aromatic nitrogens is 1. The number of amides is 1. The molecule has 2 aliphatic heterocycles. The first-order valence-electron chi connectivity index (χ1n) is 11.2. The van der Waals surface area contributed by atoms with E-state index in [1.165, 1.54) is 11.2 Å². The lowest BCUT2D eigenvalue weighted by atomic mass is 9.93. The first-order chi connectivity index (χ1) is 16.5. The molecule has 1 fully saturated rings. The number of furan rings is 1. The first-order valence-corrected chi connectivity index (χ1v) is 11.2. The summed E-state index contributed by atoms with van der Waals surface area (Å²) in [7, 11) is 0. The van der Waals surface area contributed by atoms with Crippen LogP contribution in [0.3, 0.4) is 0 Å². The summed E-state index contributed by atoms with van der Waals surface area (Å²) in [6.45, 7) is 2.60. The minimum Gasteiger partial charge on any atom is -0.507 e. The quantitative estimate of drug-likeness (QED) is 0.266. The third-order valence-corrected chi connectivity index (χ3v) is 6.63. The fraction of sp³-hybridized carbons (Fsp3) is 0.185. The zero-order valence-electron chi connectivity index (χ0n) is 18.5. The summed E-state index contributed by atoms with van der Waals surface area (Å²) in [5.74, 6) is -0.241. The van der Waals surface area contributed by atoms with Gasteiger partial charge < -0.3 is 24.1 Å². The van der Waals surface area contributed by atoms with Crippen LogP contribution >= 0.6 is 0 Å². The fourth-order valence-electron chi connectivity index (χ4n) is 5.05. The average Bonchev–Trinajstić information content (AvgIpc) is 3.62. The van der Waals surface area contributed by atoms with Crippen LogP contribution in [0, 0.1) is 6.92 Å². The SMILES string of the molecule is Cc1[nH]c2ccccc2c1C1/C(=C(\O)c2ccc3c(c2)CCO3)C(=O)C(=O)N1Cc1ccco1. The Bertz CT molecular complexity index is 1480. The maximum absolute atomic E-state index is 13.4. The Kier molecular flexibility index (Phi) is 4.58. The number of carbonyl (C=O) groups is 2. The topological polar surface area (TPSA) is 95.8 Å². The van der Waals surface area contributed by atoms with E-state index in [1.54, 1.807) is 24.3 Å². The first kappa shape index (κ1) is 20.4. The highest BCUT2D eigenvalue weighted by Crippen LogP contribution is 2.44. The highest BCUT2D eigenvalue weighted by atomic mass is 16.5. The number of nitrogens with one attached hydrogen (secondary N) is 1. The van der Waals surface area contributed by atoms with Gasteiger partial charge in [0.05, 0.1) is 31.0 Å². The minimum atomic E-state index is -0.772. The van der Waals surface area contributed by atoms with Crippen LogP contribution in [0.1, 0.15) is 34.2 Å². The summed E-state index contributed by atoms with van der Waals surface area (Å²) in [5, 5.41) is 12.3. The number of ether oxygens (including phenoxy) is 1. The molecule has 0 bridgehead atoms. The Morgan fingerprint density at radius 1 is 1.15 bits per heavy atom. The van der Waals surface area contributed by atoms with Crippen molar-refractivity contribution in [1.82, 2.24) is 9.88 Å². The van der Waals surface area contributed by atoms with Crippen LogP contribution in [0.4, 0.5) is 0 Å². The number of aryl methyl sites for hydroxylation is 1. The van der Waals surface area contributed by atoms with Gasteiger partial charge in [-0.3, -0.25) is 9.59 Å². The number of aliphatic hydroxyl groups excluding tert-OH is 1. The van der Waals surface area contributed by atoms with Gasteiger partial charge in [0.1, 0.15) is 17.3 Å². The molecule has 0 saturated carbocycles. The lowest BCUT2D eigenvalue weighted by Gasteiger charge is -2.25. The maximum atomic E-state index is 13.4. The lowest BCUT2D eigenvalue weighted by Crippen LogP contribution is -2.29. The molecule has 0 radical (unpaired) electrons. The molecule has 4 heterocycles. The molecule has 0 spiro atoms. The van der Waals surface area contributed by atoms with Crippen molar-refractivity contribution >= 4 is 28.4 Å². The second kappa shape index (κ2) is 7.66. The van der Waals surface area contributed by atoms with Crippen LogP contribution in [0.15, 0.2) is 70.9 Å². The minimum absolute atomic E-state index is 0.0725. The molecule has 2 aliphatic rings. The number of benzene rings is 2. The molecular formula is C27H22N2O5. The van der Waals surface area contributed by atoms with E-state index in [-0.39, 0.29) is 17.9 Å². The molecule has 34 heavy (non-hydrogen) atoms. The number of H-pyrrole nitrogens is 1. The van der Waals surface area contributed by atoms with Gasteiger partial charge in [-0.2, -0.15) is 0 Å². The zero-order chi connectivity index (χ0) is 23.4. The van der Waals surface area contributed by atoms with Crippen molar-refractivity contribution < 1.29 is 23.8 Å². The molecular weight excluding hydrogens is 432 g/mol. The summed E-state index contributed by atoms with van der Waals surface area (Å²) in [6, 6.07) is 15.8. The van der Waals surface area contributed by atoms with Gasteiger partial charge in [0.15, 0.2) is 0 Å². The number of likely N-dealkylation sites (tertiary alicyclic amines) is 1. The second-order valence-electron chi connectivity index (χ2n) is 8.64. The Morgan fingerprint density at radius 2 is 2.00 bits per heavy atom. The molecule has 2 aromatic carbocycles. The molecule has 7 heteroatoms. The van der Waals surface area contributed by atoms with E-state index in [0.29, 0.717) is 17.9 Å². The predicted molar refractivity (Wildman–Crippen MR) is 125 cm³/mol. The van der Waals surface area contributed by atoms with Crippen molar-refractivity contribution in [3.63, 3.8) is 0 Å². The number of aromatic amines is 1. The molecule has 6 rings (SSSR count). The standard InChI is InChI=1S/C27H22N2O5/c1-15-22(19-6-2-3-7-20(19)28-15)24-23(25(30)17-8-9-21-16(13-17)10-12-34-21)26(31)27(32)29(24)14-18-5-4-11-33-18/h2-9,11,13,24,28,30H,10,12,14H2,1H3/b25-23+. The zero-order valence-corrected chi connectivity index (χ0v) is 18.5. The average molecular weight is 454 g/mol. The van der Waals surface area contributed by atoms with Gasteiger partial charge >= 0.3 is 0 Å². The van der Waals surface area contributed by atoms with E-state index in [0.717, 1.165) is 39.9 Å². The third-order valence-electron chi connectivity index (χ3n) is 6.63. The van der Waals surface area contributed by atoms with Crippen LogP contribution in [0.25, 0.3) is 16.7 Å². The predicted octanol–water partition coefficient (Wildman–Crippen LogP) is 4.63. The largest absolute Gasteiger partial charge is 0.507 e. The third kappa shape index (κ3) is 3.04. The Balaban J connectivity index is 1.57. The van der Waals surface area contributed by atoms with Crippen LogP contribution in [-0.2, 0) is 22.6 Å². The Labute approximate surface area is 195 Å². The van der Waals surface area contributed by atoms with Gasteiger partial charge in [-0.25, -0.2) is 0 Å². The second-order valence-corrected chi connectivity index (χ2v) is 8.64. The summed E-state index contributed by atoms with van der Waals surface area (Å²) in [5.41, 5.74) is 4.03. The van der Waals surface area contributed by atoms with Gasteiger partial charge in [0, 0.05) is 34.1 Å². The molecule has 0 aliphatic carbocycles. The van der Waals surface area contributed by atoms with E-state index in [1.807, 2.05) is 37.3 Å². The number of hydrogen-bond donors (Lipinski definition) is 2. The van der Waals surface area contributed by atoms with Crippen molar-refractivity contribution in [2.24, 2.45) is 0 Å². The number of para-hydroxylation sites is 1. The number of aliphatic hydroxyl groups is 1. The van der Waals surface area contributed by atoms with Crippen LogP contribution in [0.5, 0.6) is 5.75 Å². The summed E-state index contributed by atoms with van der Waals surface area (Å²) >= 11 is 0. The molecule has 7 nitrogen and oxygen atoms in total. The number of Topliss-reactive ketones (excluding diaryl/α,β-unsaturated/α-hetero) is 1. The van der Waals surface area contributed by atoms with Crippen molar-refractivity contribution in [2.75, 3.05) is 6.61 Å². The van der Waals surface area contributed by atoms with Crippen molar-refractivity contribution in [3.05, 3.63) is 94.6 Å². The number of rotatable bonds is 4. The number of nitrogens with zero attached hydrogens (tertiary/aromatic N) is 1.